The number of rotatable bonds is 5. The zero-order valence-electron chi connectivity index (χ0n) is 15.6. The molecule has 25 heavy (non-hydrogen) atoms. The van der Waals surface area contributed by atoms with Crippen LogP contribution in [0.4, 0.5) is 5.69 Å². The predicted molar refractivity (Wildman–Crippen MR) is 103 cm³/mol. The van der Waals surface area contributed by atoms with Crippen LogP contribution in [-0.2, 0) is 9.59 Å². The Morgan fingerprint density at radius 1 is 1.08 bits per heavy atom. The molecule has 0 saturated carbocycles. The summed E-state index contributed by atoms with van der Waals surface area (Å²) in [6, 6.07) is 13.3. The molecule has 1 atom stereocenters. The number of benzene rings is 2. The molecular weight excluding hydrogens is 314 g/mol. The van der Waals surface area contributed by atoms with Crippen LogP contribution in [0, 0.1) is 0 Å². The molecule has 0 bridgehead atoms. The van der Waals surface area contributed by atoms with E-state index in [1.165, 1.54) is 0 Å². The van der Waals surface area contributed by atoms with Crippen molar-refractivity contribution in [3.8, 4) is 0 Å². The van der Waals surface area contributed by atoms with Gasteiger partial charge in [0.05, 0.1) is 12.6 Å². The van der Waals surface area contributed by atoms with Crippen LogP contribution in [0.25, 0.3) is 10.8 Å². The molecule has 0 heterocycles. The third-order valence-electron chi connectivity index (χ3n) is 4.00. The Bertz CT molecular complexity index is 760. The second kappa shape index (κ2) is 7.66. The fourth-order valence-electron chi connectivity index (χ4n) is 2.59. The minimum atomic E-state index is -0.426. The number of hydrogen-bond acceptors (Lipinski definition) is 3. The number of carbonyl (C=O) groups is 2. The minimum Gasteiger partial charge on any atom is -0.350 e. The number of hydrogen-bond donors (Lipinski definition) is 2. The van der Waals surface area contributed by atoms with Crippen LogP contribution in [0.2, 0.25) is 0 Å². The maximum atomic E-state index is 12.6. The summed E-state index contributed by atoms with van der Waals surface area (Å²) >= 11 is 0. The van der Waals surface area contributed by atoms with E-state index in [4.69, 9.17) is 0 Å². The van der Waals surface area contributed by atoms with Crippen molar-refractivity contribution < 1.29 is 9.59 Å². The zero-order chi connectivity index (χ0) is 18.6. The van der Waals surface area contributed by atoms with Crippen molar-refractivity contribution in [2.75, 3.05) is 18.9 Å². The third kappa shape index (κ3) is 5.29. The van der Waals surface area contributed by atoms with Crippen molar-refractivity contribution in [2.24, 2.45) is 0 Å². The molecule has 5 nitrogen and oxygen atoms in total. The maximum absolute atomic E-state index is 12.6. The number of likely N-dealkylation sites (N-methyl/N-ethyl adjacent to an activating group) is 1. The van der Waals surface area contributed by atoms with Crippen molar-refractivity contribution in [1.82, 2.24) is 10.2 Å². The number of anilines is 1. The molecule has 0 saturated heterocycles. The minimum absolute atomic E-state index is 0.0974. The highest BCUT2D eigenvalue weighted by molar-refractivity contribution is 6.03. The molecule has 2 aromatic carbocycles. The molecule has 2 N–H and O–H groups in total. The van der Waals surface area contributed by atoms with Crippen LogP contribution < -0.4 is 10.6 Å². The molecule has 0 unspecified atom stereocenters. The maximum Gasteiger partial charge on any atom is 0.241 e. The molecule has 2 aromatic rings. The second-order valence-corrected chi connectivity index (χ2v) is 7.41. The van der Waals surface area contributed by atoms with E-state index in [9.17, 15) is 9.59 Å². The van der Waals surface area contributed by atoms with E-state index in [2.05, 4.69) is 10.6 Å². The molecule has 0 radical (unpaired) electrons. The Kier molecular flexibility index (Phi) is 5.80. The zero-order valence-corrected chi connectivity index (χ0v) is 15.6. The van der Waals surface area contributed by atoms with Gasteiger partial charge in [0.2, 0.25) is 11.8 Å². The molecule has 0 aromatic heterocycles. The lowest BCUT2D eigenvalue weighted by Crippen LogP contribution is -2.49. The highest BCUT2D eigenvalue weighted by Crippen LogP contribution is 2.23. The summed E-state index contributed by atoms with van der Waals surface area (Å²) in [5, 5.41) is 7.95. The number of amides is 2. The SMILES string of the molecule is C[C@H](C(=O)Nc1cccc2ccccc12)N(C)CC(=O)NC(C)(C)C. The summed E-state index contributed by atoms with van der Waals surface area (Å²) in [6.45, 7) is 7.76. The standard InChI is InChI=1S/C20H27N3O2/c1-14(23(5)13-18(24)22-20(2,3)4)19(25)21-17-12-8-10-15-9-6-7-11-16(15)17/h6-12,14H,13H2,1-5H3,(H,21,25)(H,22,24)/t14-/m1/s1. The summed E-state index contributed by atoms with van der Waals surface area (Å²) in [6.07, 6.45) is 0. The first-order valence-electron chi connectivity index (χ1n) is 8.47. The van der Waals surface area contributed by atoms with Gasteiger partial charge in [0.1, 0.15) is 0 Å². The molecular formula is C20H27N3O2. The van der Waals surface area contributed by atoms with E-state index in [-0.39, 0.29) is 23.9 Å². The largest absolute Gasteiger partial charge is 0.350 e. The van der Waals surface area contributed by atoms with Crippen molar-refractivity contribution >= 4 is 28.3 Å². The van der Waals surface area contributed by atoms with Gasteiger partial charge >= 0.3 is 0 Å². The number of fused-ring (bicyclic) bond motifs is 1. The van der Waals surface area contributed by atoms with Crippen molar-refractivity contribution in [2.45, 2.75) is 39.3 Å². The van der Waals surface area contributed by atoms with E-state index in [0.29, 0.717) is 0 Å². The van der Waals surface area contributed by atoms with Gasteiger partial charge in [-0.2, -0.15) is 0 Å². The number of nitrogens with zero attached hydrogens (tertiary/aromatic N) is 1. The highest BCUT2D eigenvalue weighted by Gasteiger charge is 2.22. The second-order valence-electron chi connectivity index (χ2n) is 7.41. The van der Waals surface area contributed by atoms with Gasteiger partial charge in [0.25, 0.3) is 0 Å². The fraction of sp³-hybridized carbons (Fsp3) is 0.400. The molecule has 0 aliphatic rings. The highest BCUT2D eigenvalue weighted by atomic mass is 16.2. The Balaban J connectivity index is 2.03. The fourth-order valence-corrected chi connectivity index (χ4v) is 2.59. The van der Waals surface area contributed by atoms with Gasteiger partial charge in [-0.05, 0) is 46.2 Å². The van der Waals surface area contributed by atoms with Gasteiger partial charge in [0.15, 0.2) is 0 Å². The molecule has 0 fully saturated rings. The van der Waals surface area contributed by atoms with Gasteiger partial charge in [-0.1, -0.05) is 36.4 Å². The van der Waals surface area contributed by atoms with E-state index in [0.717, 1.165) is 16.5 Å². The Morgan fingerprint density at radius 2 is 1.72 bits per heavy atom. The van der Waals surface area contributed by atoms with Crippen LogP contribution >= 0.6 is 0 Å². The van der Waals surface area contributed by atoms with E-state index < -0.39 is 6.04 Å². The summed E-state index contributed by atoms with van der Waals surface area (Å²) in [7, 11) is 1.77. The molecule has 2 rings (SSSR count). The van der Waals surface area contributed by atoms with Gasteiger partial charge in [-0.15, -0.1) is 0 Å². The Hall–Kier alpha value is -2.40. The van der Waals surface area contributed by atoms with Gasteiger partial charge in [-0.3, -0.25) is 14.5 Å². The number of nitrogens with one attached hydrogen (secondary N) is 2. The van der Waals surface area contributed by atoms with Crippen LogP contribution in [0.3, 0.4) is 0 Å². The van der Waals surface area contributed by atoms with E-state index >= 15 is 0 Å². The van der Waals surface area contributed by atoms with Crippen LogP contribution in [0.5, 0.6) is 0 Å². The van der Waals surface area contributed by atoms with Gasteiger partial charge in [0, 0.05) is 16.6 Å². The predicted octanol–water partition coefficient (Wildman–Crippen LogP) is 3.01. The van der Waals surface area contributed by atoms with Crippen molar-refractivity contribution in [3.05, 3.63) is 42.5 Å². The molecule has 134 valence electrons. The molecule has 0 spiro atoms. The summed E-state index contributed by atoms with van der Waals surface area (Å²) in [5.41, 5.74) is 0.495. The average Bonchev–Trinajstić information content (AvgIpc) is 2.52. The Labute approximate surface area is 149 Å². The van der Waals surface area contributed by atoms with Gasteiger partial charge < -0.3 is 10.6 Å². The smallest absolute Gasteiger partial charge is 0.241 e. The first kappa shape index (κ1) is 18.9. The van der Waals surface area contributed by atoms with Crippen LogP contribution in [0.15, 0.2) is 42.5 Å². The van der Waals surface area contributed by atoms with Crippen molar-refractivity contribution in [1.29, 1.82) is 0 Å². The van der Waals surface area contributed by atoms with Crippen LogP contribution in [0.1, 0.15) is 27.7 Å². The first-order chi connectivity index (χ1) is 11.7. The first-order valence-corrected chi connectivity index (χ1v) is 8.47. The quantitative estimate of drug-likeness (QED) is 0.879. The molecule has 0 aliphatic carbocycles. The Morgan fingerprint density at radius 3 is 2.40 bits per heavy atom. The topological polar surface area (TPSA) is 61.4 Å². The lowest BCUT2D eigenvalue weighted by Gasteiger charge is -2.26. The third-order valence-corrected chi connectivity index (χ3v) is 4.00. The molecule has 0 aliphatic heterocycles. The van der Waals surface area contributed by atoms with E-state index in [1.54, 1.807) is 18.9 Å². The summed E-state index contributed by atoms with van der Waals surface area (Å²) < 4.78 is 0. The van der Waals surface area contributed by atoms with Gasteiger partial charge in [-0.25, -0.2) is 0 Å². The summed E-state index contributed by atoms with van der Waals surface area (Å²) in [5.74, 6) is -0.234. The monoisotopic (exact) mass is 341 g/mol. The lowest BCUT2D eigenvalue weighted by atomic mass is 10.1. The lowest BCUT2D eigenvalue weighted by molar-refractivity contribution is -0.125. The number of carbonyl (C=O) groups excluding carboxylic acids is 2. The molecule has 2 amide bonds. The van der Waals surface area contributed by atoms with Crippen molar-refractivity contribution in [3.63, 3.8) is 0 Å². The average molecular weight is 341 g/mol. The van der Waals surface area contributed by atoms with Crippen LogP contribution in [-0.4, -0.2) is 41.9 Å². The normalized spacial score (nSPS) is 12.9. The molecule has 5 heteroatoms. The van der Waals surface area contributed by atoms with E-state index in [1.807, 2.05) is 63.2 Å². The summed E-state index contributed by atoms with van der Waals surface area (Å²) in [4.78, 5) is 26.4.